The first-order valence-electron chi connectivity index (χ1n) is 8.46. The van der Waals surface area contributed by atoms with Gasteiger partial charge in [-0.1, -0.05) is 41.4 Å². The molecule has 0 aliphatic carbocycles. The molecule has 0 heterocycles. The molecule has 0 saturated heterocycles. The Balaban J connectivity index is 2.17. The number of hydrogen-bond acceptors (Lipinski definition) is 3. The van der Waals surface area contributed by atoms with E-state index < -0.39 is 6.04 Å². The number of carbonyl (C=O) groups excluding carboxylic acids is 2. The molecule has 5 nitrogen and oxygen atoms in total. The SMILES string of the molecule is CNC(=O)C(C)N(Cc1ccc(Cl)cc1Cl)C(=O)COc1cccc(C)c1. The molecule has 0 fully saturated rings. The summed E-state index contributed by atoms with van der Waals surface area (Å²) in [7, 11) is 1.53. The Morgan fingerprint density at radius 1 is 1.19 bits per heavy atom. The molecule has 144 valence electrons. The summed E-state index contributed by atoms with van der Waals surface area (Å²) < 4.78 is 5.60. The van der Waals surface area contributed by atoms with Gasteiger partial charge in [-0.2, -0.15) is 0 Å². The maximum Gasteiger partial charge on any atom is 0.261 e. The van der Waals surface area contributed by atoms with Gasteiger partial charge in [0, 0.05) is 23.6 Å². The number of aryl methyl sites for hydroxylation is 1. The Morgan fingerprint density at radius 3 is 2.56 bits per heavy atom. The van der Waals surface area contributed by atoms with E-state index in [0.29, 0.717) is 21.4 Å². The summed E-state index contributed by atoms with van der Waals surface area (Å²) >= 11 is 12.2. The number of carbonyl (C=O) groups is 2. The fourth-order valence-electron chi connectivity index (χ4n) is 2.56. The molecule has 0 radical (unpaired) electrons. The number of hydrogen-bond donors (Lipinski definition) is 1. The molecule has 1 unspecified atom stereocenters. The third-order valence-electron chi connectivity index (χ3n) is 4.12. The Morgan fingerprint density at radius 2 is 1.93 bits per heavy atom. The summed E-state index contributed by atoms with van der Waals surface area (Å²) in [6, 6.07) is 11.8. The number of nitrogens with zero attached hydrogens (tertiary/aromatic N) is 1. The normalized spacial score (nSPS) is 11.6. The van der Waals surface area contributed by atoms with Crippen LogP contribution in [0.1, 0.15) is 18.1 Å². The summed E-state index contributed by atoms with van der Waals surface area (Å²) in [5.41, 5.74) is 1.73. The van der Waals surface area contributed by atoms with Gasteiger partial charge in [-0.05, 0) is 49.2 Å². The van der Waals surface area contributed by atoms with E-state index in [1.54, 1.807) is 31.2 Å². The first-order chi connectivity index (χ1) is 12.8. The third kappa shape index (κ3) is 5.88. The molecular weight excluding hydrogens is 387 g/mol. The quantitative estimate of drug-likeness (QED) is 0.756. The summed E-state index contributed by atoms with van der Waals surface area (Å²) in [4.78, 5) is 26.3. The van der Waals surface area contributed by atoms with Gasteiger partial charge in [-0.15, -0.1) is 0 Å². The van der Waals surface area contributed by atoms with Crippen LogP contribution in [-0.4, -0.2) is 36.4 Å². The number of likely N-dealkylation sites (N-methyl/N-ethyl adjacent to an activating group) is 1. The van der Waals surface area contributed by atoms with Gasteiger partial charge in [-0.25, -0.2) is 0 Å². The molecule has 7 heteroatoms. The van der Waals surface area contributed by atoms with Crippen molar-refractivity contribution >= 4 is 35.0 Å². The second-order valence-corrected chi connectivity index (χ2v) is 7.00. The predicted molar refractivity (Wildman–Crippen MR) is 107 cm³/mol. The highest BCUT2D eigenvalue weighted by atomic mass is 35.5. The zero-order valence-electron chi connectivity index (χ0n) is 15.5. The molecular formula is C20H22Cl2N2O3. The molecule has 0 spiro atoms. The Kier molecular flexibility index (Phi) is 7.51. The van der Waals surface area contributed by atoms with Crippen LogP contribution >= 0.6 is 23.2 Å². The monoisotopic (exact) mass is 408 g/mol. The molecule has 1 N–H and O–H groups in total. The highest BCUT2D eigenvalue weighted by Crippen LogP contribution is 2.23. The van der Waals surface area contributed by atoms with Crippen molar-refractivity contribution in [2.24, 2.45) is 0 Å². The second kappa shape index (κ2) is 9.62. The lowest BCUT2D eigenvalue weighted by Crippen LogP contribution is -2.48. The van der Waals surface area contributed by atoms with E-state index in [0.717, 1.165) is 5.56 Å². The topological polar surface area (TPSA) is 58.6 Å². The molecule has 1 atom stereocenters. The smallest absolute Gasteiger partial charge is 0.261 e. The van der Waals surface area contributed by atoms with Crippen LogP contribution in [0, 0.1) is 6.92 Å². The average molecular weight is 409 g/mol. The number of benzene rings is 2. The van der Waals surface area contributed by atoms with E-state index in [4.69, 9.17) is 27.9 Å². The predicted octanol–water partition coefficient (Wildman–Crippen LogP) is 3.84. The summed E-state index contributed by atoms with van der Waals surface area (Å²) in [6.45, 7) is 3.58. The number of amides is 2. The van der Waals surface area contributed by atoms with Crippen molar-refractivity contribution in [1.29, 1.82) is 0 Å². The van der Waals surface area contributed by atoms with Crippen LogP contribution in [0.3, 0.4) is 0 Å². The highest BCUT2D eigenvalue weighted by Gasteiger charge is 2.26. The molecule has 2 aromatic rings. The number of ether oxygens (including phenoxy) is 1. The van der Waals surface area contributed by atoms with Gasteiger partial charge in [0.05, 0.1) is 0 Å². The van der Waals surface area contributed by atoms with Crippen molar-refractivity contribution in [3.63, 3.8) is 0 Å². The van der Waals surface area contributed by atoms with Crippen LogP contribution in [-0.2, 0) is 16.1 Å². The standard InChI is InChI=1S/C20H22Cl2N2O3/c1-13-5-4-6-17(9-13)27-12-19(25)24(14(2)20(26)23-3)11-15-7-8-16(21)10-18(15)22/h4-10,14H,11-12H2,1-3H3,(H,23,26). The van der Waals surface area contributed by atoms with Gasteiger partial charge < -0.3 is 15.0 Å². The van der Waals surface area contributed by atoms with Gasteiger partial charge in [0.15, 0.2) is 6.61 Å². The van der Waals surface area contributed by atoms with Gasteiger partial charge >= 0.3 is 0 Å². The molecule has 2 aromatic carbocycles. The lowest BCUT2D eigenvalue weighted by atomic mass is 10.1. The average Bonchev–Trinajstić information content (AvgIpc) is 2.64. The summed E-state index contributed by atoms with van der Waals surface area (Å²) in [5, 5.41) is 3.50. The van der Waals surface area contributed by atoms with Crippen LogP contribution in [0.4, 0.5) is 0 Å². The minimum atomic E-state index is -0.685. The molecule has 27 heavy (non-hydrogen) atoms. The van der Waals surface area contributed by atoms with Crippen LogP contribution in [0.5, 0.6) is 5.75 Å². The highest BCUT2D eigenvalue weighted by molar-refractivity contribution is 6.35. The zero-order valence-corrected chi connectivity index (χ0v) is 17.0. The first kappa shape index (κ1) is 21.1. The van der Waals surface area contributed by atoms with Crippen LogP contribution in [0.15, 0.2) is 42.5 Å². The Bertz CT molecular complexity index is 827. The van der Waals surface area contributed by atoms with E-state index >= 15 is 0 Å². The van der Waals surface area contributed by atoms with Crippen molar-refractivity contribution in [1.82, 2.24) is 10.2 Å². The number of nitrogens with one attached hydrogen (secondary N) is 1. The Labute approximate surface area is 169 Å². The maximum atomic E-state index is 12.8. The second-order valence-electron chi connectivity index (χ2n) is 6.15. The van der Waals surface area contributed by atoms with E-state index in [1.807, 2.05) is 25.1 Å². The van der Waals surface area contributed by atoms with Crippen LogP contribution in [0.25, 0.3) is 0 Å². The lowest BCUT2D eigenvalue weighted by Gasteiger charge is -2.28. The molecule has 0 aromatic heterocycles. The van der Waals surface area contributed by atoms with Crippen molar-refractivity contribution in [2.45, 2.75) is 26.4 Å². The first-order valence-corrected chi connectivity index (χ1v) is 9.22. The Hall–Kier alpha value is -2.24. The van der Waals surface area contributed by atoms with Gasteiger partial charge in [0.25, 0.3) is 5.91 Å². The molecule has 0 saturated carbocycles. The summed E-state index contributed by atoms with van der Waals surface area (Å²) in [5.74, 6) is 0.00281. The molecule has 2 amide bonds. The van der Waals surface area contributed by atoms with Crippen molar-refractivity contribution in [2.75, 3.05) is 13.7 Å². The fourth-order valence-corrected chi connectivity index (χ4v) is 3.03. The van der Waals surface area contributed by atoms with Gasteiger partial charge in [-0.3, -0.25) is 9.59 Å². The molecule has 2 rings (SSSR count). The maximum absolute atomic E-state index is 12.8. The van der Waals surface area contributed by atoms with Crippen molar-refractivity contribution in [3.05, 3.63) is 63.6 Å². The zero-order chi connectivity index (χ0) is 20.0. The minimum absolute atomic E-state index is 0.167. The van der Waals surface area contributed by atoms with E-state index in [-0.39, 0.29) is 25.0 Å². The third-order valence-corrected chi connectivity index (χ3v) is 4.71. The lowest BCUT2D eigenvalue weighted by molar-refractivity contribution is -0.142. The molecule has 0 aliphatic rings. The van der Waals surface area contributed by atoms with E-state index in [9.17, 15) is 9.59 Å². The van der Waals surface area contributed by atoms with Gasteiger partial charge in [0.2, 0.25) is 5.91 Å². The van der Waals surface area contributed by atoms with Crippen molar-refractivity contribution in [3.8, 4) is 5.75 Å². The summed E-state index contributed by atoms with van der Waals surface area (Å²) in [6.07, 6.45) is 0. The minimum Gasteiger partial charge on any atom is -0.484 e. The fraction of sp³-hybridized carbons (Fsp3) is 0.300. The van der Waals surface area contributed by atoms with E-state index in [1.165, 1.54) is 11.9 Å². The molecule has 0 bridgehead atoms. The largest absolute Gasteiger partial charge is 0.484 e. The van der Waals surface area contributed by atoms with Gasteiger partial charge in [0.1, 0.15) is 11.8 Å². The van der Waals surface area contributed by atoms with Crippen LogP contribution in [0.2, 0.25) is 10.0 Å². The number of halogens is 2. The van der Waals surface area contributed by atoms with Crippen LogP contribution < -0.4 is 10.1 Å². The van der Waals surface area contributed by atoms with Crippen molar-refractivity contribution < 1.29 is 14.3 Å². The van der Waals surface area contributed by atoms with E-state index in [2.05, 4.69) is 5.32 Å². The molecule has 0 aliphatic heterocycles. The number of rotatable bonds is 7.